The van der Waals surface area contributed by atoms with E-state index in [9.17, 15) is 4.79 Å². The van der Waals surface area contributed by atoms with E-state index < -0.39 is 0 Å². The van der Waals surface area contributed by atoms with Crippen LogP contribution in [-0.4, -0.2) is 22.4 Å². The van der Waals surface area contributed by atoms with Crippen LogP contribution >= 0.6 is 0 Å². The largest absolute Gasteiger partial charge is 0.352 e. The number of aryl methyl sites for hydroxylation is 1. The van der Waals surface area contributed by atoms with E-state index in [1.165, 1.54) is 12.8 Å². The molecule has 1 aromatic carbocycles. The molecular weight excluding hydrogens is 262 g/mol. The van der Waals surface area contributed by atoms with Crippen LogP contribution in [0.3, 0.4) is 0 Å². The molecule has 0 saturated heterocycles. The Morgan fingerprint density at radius 3 is 3.05 bits per heavy atom. The normalized spacial score (nSPS) is 26.6. The molecule has 4 rings (SSSR count). The molecule has 1 heterocycles. The van der Waals surface area contributed by atoms with Crippen LogP contribution in [0, 0.1) is 24.7 Å². The quantitative estimate of drug-likeness (QED) is 0.850. The number of carbonyl (C=O) groups excluding carboxylic acids is 1. The fraction of sp³-hybridized carbons (Fsp3) is 0.412. The molecule has 2 aromatic rings. The molecule has 21 heavy (non-hydrogen) atoms. The first-order chi connectivity index (χ1) is 10.2. The summed E-state index contributed by atoms with van der Waals surface area (Å²) in [6, 6.07) is 5.62. The number of rotatable bonds is 3. The summed E-state index contributed by atoms with van der Waals surface area (Å²) in [5.74, 6) is 2.92. The molecule has 4 heteroatoms. The highest BCUT2D eigenvalue weighted by Gasteiger charge is 2.35. The van der Waals surface area contributed by atoms with E-state index in [4.69, 9.17) is 0 Å². The lowest BCUT2D eigenvalue weighted by Gasteiger charge is -2.18. The molecule has 2 aliphatic rings. The van der Waals surface area contributed by atoms with Gasteiger partial charge in [-0.1, -0.05) is 12.2 Å². The highest BCUT2D eigenvalue weighted by atomic mass is 16.1. The first-order valence-corrected chi connectivity index (χ1v) is 7.62. The first kappa shape index (κ1) is 12.6. The molecule has 0 radical (unpaired) electrons. The van der Waals surface area contributed by atoms with Gasteiger partial charge in [0.15, 0.2) is 0 Å². The van der Waals surface area contributed by atoms with Gasteiger partial charge in [0.2, 0.25) is 0 Å². The van der Waals surface area contributed by atoms with Crippen LogP contribution in [0.5, 0.6) is 0 Å². The SMILES string of the molecule is Cc1nc2ccc(C(=O)NCC3CC4C=CC3C4)cc2[nH]1. The lowest BCUT2D eigenvalue weighted by molar-refractivity contribution is 0.0945. The average molecular weight is 281 g/mol. The van der Waals surface area contributed by atoms with Crippen molar-refractivity contribution in [1.29, 1.82) is 0 Å². The Hall–Kier alpha value is -2.10. The van der Waals surface area contributed by atoms with Crippen LogP contribution in [0.15, 0.2) is 30.4 Å². The summed E-state index contributed by atoms with van der Waals surface area (Å²) in [4.78, 5) is 19.8. The van der Waals surface area contributed by atoms with Crippen LogP contribution in [0.2, 0.25) is 0 Å². The second-order valence-corrected chi connectivity index (χ2v) is 6.30. The topological polar surface area (TPSA) is 57.8 Å². The molecule has 4 nitrogen and oxygen atoms in total. The molecule has 2 bridgehead atoms. The summed E-state index contributed by atoms with van der Waals surface area (Å²) in [5, 5.41) is 3.09. The second kappa shape index (κ2) is 4.72. The molecule has 2 aliphatic carbocycles. The van der Waals surface area contributed by atoms with Crippen LogP contribution in [0.4, 0.5) is 0 Å². The number of benzene rings is 1. The van der Waals surface area contributed by atoms with Crippen molar-refractivity contribution in [2.24, 2.45) is 17.8 Å². The van der Waals surface area contributed by atoms with Gasteiger partial charge >= 0.3 is 0 Å². The number of carbonyl (C=O) groups is 1. The third-order valence-corrected chi connectivity index (χ3v) is 4.80. The van der Waals surface area contributed by atoms with Gasteiger partial charge in [-0.3, -0.25) is 4.79 Å². The van der Waals surface area contributed by atoms with Crippen molar-refractivity contribution in [2.75, 3.05) is 6.54 Å². The maximum atomic E-state index is 12.3. The fourth-order valence-corrected chi connectivity index (χ4v) is 3.73. The molecule has 108 valence electrons. The maximum Gasteiger partial charge on any atom is 0.251 e. The van der Waals surface area contributed by atoms with Crippen molar-refractivity contribution in [1.82, 2.24) is 15.3 Å². The third kappa shape index (κ3) is 2.24. The summed E-state index contributed by atoms with van der Waals surface area (Å²) in [6.07, 6.45) is 7.15. The molecule has 0 spiro atoms. The van der Waals surface area contributed by atoms with Gasteiger partial charge in [-0.2, -0.15) is 0 Å². The van der Waals surface area contributed by atoms with Gasteiger partial charge in [-0.05, 0) is 55.7 Å². The van der Waals surface area contributed by atoms with Gasteiger partial charge in [0, 0.05) is 12.1 Å². The smallest absolute Gasteiger partial charge is 0.251 e. The lowest BCUT2D eigenvalue weighted by Crippen LogP contribution is -2.30. The summed E-state index contributed by atoms with van der Waals surface area (Å²) in [5.41, 5.74) is 2.52. The van der Waals surface area contributed by atoms with Gasteiger partial charge in [-0.15, -0.1) is 0 Å². The molecule has 1 aromatic heterocycles. The summed E-state index contributed by atoms with van der Waals surface area (Å²) >= 11 is 0. The number of hydrogen-bond acceptors (Lipinski definition) is 2. The Morgan fingerprint density at radius 1 is 1.38 bits per heavy atom. The van der Waals surface area contributed by atoms with E-state index in [2.05, 4.69) is 27.4 Å². The van der Waals surface area contributed by atoms with Crippen LogP contribution in [-0.2, 0) is 0 Å². The first-order valence-electron chi connectivity index (χ1n) is 7.62. The molecule has 0 aliphatic heterocycles. The van der Waals surface area contributed by atoms with Crippen molar-refractivity contribution in [3.8, 4) is 0 Å². The van der Waals surface area contributed by atoms with Gasteiger partial charge in [-0.25, -0.2) is 4.98 Å². The molecule has 1 fully saturated rings. The Balaban J connectivity index is 1.45. The van der Waals surface area contributed by atoms with E-state index in [0.29, 0.717) is 17.4 Å². The number of nitrogens with one attached hydrogen (secondary N) is 2. The van der Waals surface area contributed by atoms with Crippen molar-refractivity contribution >= 4 is 16.9 Å². The van der Waals surface area contributed by atoms with Crippen LogP contribution < -0.4 is 5.32 Å². The minimum Gasteiger partial charge on any atom is -0.352 e. The number of nitrogens with zero attached hydrogens (tertiary/aromatic N) is 1. The number of H-pyrrole nitrogens is 1. The minimum atomic E-state index is 0.0101. The van der Waals surface area contributed by atoms with Crippen molar-refractivity contribution in [3.05, 3.63) is 41.7 Å². The maximum absolute atomic E-state index is 12.3. The van der Waals surface area contributed by atoms with Crippen LogP contribution in [0.25, 0.3) is 11.0 Å². The third-order valence-electron chi connectivity index (χ3n) is 4.80. The molecule has 3 atom stereocenters. The van der Waals surface area contributed by atoms with E-state index >= 15 is 0 Å². The van der Waals surface area contributed by atoms with Crippen molar-refractivity contribution in [3.63, 3.8) is 0 Å². The summed E-state index contributed by atoms with van der Waals surface area (Å²) < 4.78 is 0. The predicted octanol–water partition coefficient (Wildman–Crippen LogP) is 2.81. The number of allylic oxidation sites excluding steroid dienone is 2. The summed E-state index contributed by atoms with van der Waals surface area (Å²) in [6.45, 7) is 2.70. The standard InChI is InChI=1S/C17H19N3O/c1-10-19-15-5-4-13(8-16(15)20-10)17(21)18-9-14-7-11-2-3-12(14)6-11/h2-5,8,11-12,14H,6-7,9H2,1H3,(H,18,21)(H,19,20). The summed E-state index contributed by atoms with van der Waals surface area (Å²) in [7, 11) is 0. The van der Waals surface area contributed by atoms with Gasteiger partial charge < -0.3 is 10.3 Å². The van der Waals surface area contributed by atoms with E-state index in [0.717, 1.165) is 29.3 Å². The van der Waals surface area contributed by atoms with E-state index in [1.54, 1.807) is 0 Å². The monoisotopic (exact) mass is 281 g/mol. The number of hydrogen-bond donors (Lipinski definition) is 2. The van der Waals surface area contributed by atoms with Crippen molar-refractivity contribution < 1.29 is 4.79 Å². The molecule has 1 amide bonds. The second-order valence-electron chi connectivity index (χ2n) is 6.30. The van der Waals surface area contributed by atoms with E-state index in [1.807, 2.05) is 25.1 Å². The zero-order valence-corrected chi connectivity index (χ0v) is 12.1. The zero-order chi connectivity index (χ0) is 14.4. The zero-order valence-electron chi connectivity index (χ0n) is 12.1. The lowest BCUT2D eigenvalue weighted by atomic mass is 9.93. The number of fused-ring (bicyclic) bond motifs is 3. The Bertz CT molecular complexity index is 731. The molecule has 3 unspecified atom stereocenters. The number of imidazole rings is 1. The Labute approximate surface area is 123 Å². The van der Waals surface area contributed by atoms with Crippen LogP contribution in [0.1, 0.15) is 29.0 Å². The van der Waals surface area contributed by atoms with Gasteiger partial charge in [0.25, 0.3) is 5.91 Å². The molecule has 1 saturated carbocycles. The number of amides is 1. The van der Waals surface area contributed by atoms with Crippen molar-refractivity contribution in [2.45, 2.75) is 19.8 Å². The van der Waals surface area contributed by atoms with Gasteiger partial charge in [0.05, 0.1) is 11.0 Å². The fourth-order valence-electron chi connectivity index (χ4n) is 3.73. The van der Waals surface area contributed by atoms with E-state index in [-0.39, 0.29) is 5.91 Å². The number of aromatic nitrogens is 2. The molecular formula is C17H19N3O. The highest BCUT2D eigenvalue weighted by molar-refractivity contribution is 5.97. The Morgan fingerprint density at radius 2 is 2.29 bits per heavy atom. The predicted molar refractivity (Wildman–Crippen MR) is 82.0 cm³/mol. The highest BCUT2D eigenvalue weighted by Crippen LogP contribution is 2.42. The van der Waals surface area contributed by atoms with Gasteiger partial charge in [0.1, 0.15) is 5.82 Å². The minimum absolute atomic E-state index is 0.0101. The Kier molecular flexibility index (Phi) is 2.84. The average Bonchev–Trinajstić information content (AvgIpc) is 3.17. The number of aromatic amines is 1. The molecule has 2 N–H and O–H groups in total.